The number of hydrogen-bond acceptors (Lipinski definition) is 0. The van der Waals surface area contributed by atoms with E-state index < -0.39 is 17.5 Å². The fourth-order valence-electron chi connectivity index (χ4n) is 0.823. The largest absolute Gasteiger partial charge is 0.206 e. The van der Waals surface area contributed by atoms with Gasteiger partial charge in [-0.3, -0.25) is 0 Å². The minimum absolute atomic E-state index is 0.158. The molecule has 0 saturated heterocycles. The molecule has 0 aromatic heterocycles. The first-order valence-electron chi connectivity index (χ1n) is 3.84. The number of alkyl halides is 1. The standard InChI is InChI=1S/C10H6ClF3/c11-4-2-1-3-7-5-9(13)10(14)6-8(7)12/h5-6H,2,4H2. The summed E-state index contributed by atoms with van der Waals surface area (Å²) in [7, 11) is 0. The van der Waals surface area contributed by atoms with Crippen LogP contribution in [0.25, 0.3) is 0 Å². The first-order valence-corrected chi connectivity index (χ1v) is 4.38. The number of halogens is 4. The lowest BCUT2D eigenvalue weighted by Gasteiger charge is -1.95. The number of benzene rings is 1. The van der Waals surface area contributed by atoms with Crippen LogP contribution in [0.15, 0.2) is 12.1 Å². The van der Waals surface area contributed by atoms with Gasteiger partial charge in [-0.2, -0.15) is 0 Å². The highest BCUT2D eigenvalue weighted by Gasteiger charge is 2.07. The molecule has 4 heteroatoms. The van der Waals surface area contributed by atoms with E-state index in [0.29, 0.717) is 18.4 Å². The zero-order chi connectivity index (χ0) is 10.6. The summed E-state index contributed by atoms with van der Waals surface area (Å²) in [6.07, 6.45) is 0.375. The maximum Gasteiger partial charge on any atom is 0.161 e. The van der Waals surface area contributed by atoms with Gasteiger partial charge in [0.2, 0.25) is 0 Å². The third-order valence-corrected chi connectivity index (χ3v) is 1.64. The molecular formula is C10H6ClF3. The molecule has 74 valence electrons. The molecule has 0 spiro atoms. The van der Waals surface area contributed by atoms with E-state index in [1.807, 2.05) is 0 Å². The molecule has 0 radical (unpaired) electrons. The van der Waals surface area contributed by atoms with Crippen molar-refractivity contribution in [3.05, 3.63) is 35.1 Å². The Hall–Kier alpha value is -1.14. The predicted octanol–water partition coefficient (Wildman–Crippen LogP) is 3.08. The molecule has 0 aliphatic rings. The molecule has 0 fully saturated rings. The number of hydrogen-bond donors (Lipinski definition) is 0. The van der Waals surface area contributed by atoms with Gasteiger partial charge < -0.3 is 0 Å². The van der Waals surface area contributed by atoms with E-state index in [4.69, 9.17) is 11.6 Å². The second-order valence-electron chi connectivity index (χ2n) is 2.49. The SMILES string of the molecule is Fc1cc(F)c(C#CCCCl)cc1F. The van der Waals surface area contributed by atoms with Gasteiger partial charge in [0.05, 0.1) is 5.56 Å². The van der Waals surface area contributed by atoms with Crippen molar-refractivity contribution in [1.82, 2.24) is 0 Å². The van der Waals surface area contributed by atoms with Crippen molar-refractivity contribution in [3.63, 3.8) is 0 Å². The Morgan fingerprint density at radius 1 is 1.07 bits per heavy atom. The first kappa shape index (κ1) is 10.9. The fraction of sp³-hybridized carbons (Fsp3) is 0.200. The smallest absolute Gasteiger partial charge is 0.161 e. The third-order valence-electron chi connectivity index (χ3n) is 1.45. The molecule has 0 N–H and O–H groups in total. The lowest BCUT2D eigenvalue weighted by Crippen LogP contribution is -1.90. The molecule has 0 atom stereocenters. The summed E-state index contributed by atoms with van der Waals surface area (Å²) in [5.74, 6) is 2.01. The molecule has 1 aromatic rings. The van der Waals surface area contributed by atoms with Crippen LogP contribution in [0.5, 0.6) is 0 Å². The van der Waals surface area contributed by atoms with E-state index in [1.165, 1.54) is 0 Å². The Labute approximate surface area is 84.7 Å². The van der Waals surface area contributed by atoms with Crippen LogP contribution in [0, 0.1) is 29.3 Å². The monoisotopic (exact) mass is 218 g/mol. The minimum atomic E-state index is -1.22. The second-order valence-corrected chi connectivity index (χ2v) is 2.86. The molecule has 1 rings (SSSR count). The second kappa shape index (κ2) is 4.92. The lowest BCUT2D eigenvalue weighted by molar-refractivity contribution is 0.494. The van der Waals surface area contributed by atoms with Gasteiger partial charge in [-0.25, -0.2) is 13.2 Å². The highest BCUT2D eigenvalue weighted by Crippen LogP contribution is 2.12. The minimum Gasteiger partial charge on any atom is -0.206 e. The van der Waals surface area contributed by atoms with E-state index in [1.54, 1.807) is 0 Å². The topological polar surface area (TPSA) is 0 Å². The molecule has 0 bridgehead atoms. The molecule has 0 unspecified atom stereocenters. The van der Waals surface area contributed by atoms with Crippen LogP contribution in [0.1, 0.15) is 12.0 Å². The Balaban J connectivity index is 3.00. The summed E-state index contributed by atoms with van der Waals surface area (Å²) in [5, 5.41) is 0. The van der Waals surface area contributed by atoms with Gasteiger partial charge in [-0.15, -0.1) is 11.6 Å². The van der Waals surface area contributed by atoms with Gasteiger partial charge in [0.1, 0.15) is 5.82 Å². The maximum atomic E-state index is 12.9. The molecule has 0 saturated carbocycles. The fourth-order valence-corrected chi connectivity index (χ4v) is 0.918. The summed E-state index contributed by atoms with van der Waals surface area (Å²) in [6, 6.07) is 1.20. The van der Waals surface area contributed by atoms with E-state index in [9.17, 15) is 13.2 Å². The third kappa shape index (κ3) is 2.68. The van der Waals surface area contributed by atoms with Crippen LogP contribution in [-0.4, -0.2) is 5.88 Å². The normalized spacial score (nSPS) is 9.43. The van der Waals surface area contributed by atoms with Crippen molar-refractivity contribution < 1.29 is 13.2 Å². The van der Waals surface area contributed by atoms with Crippen LogP contribution in [0.2, 0.25) is 0 Å². The first-order chi connectivity index (χ1) is 6.65. The van der Waals surface area contributed by atoms with Crippen LogP contribution in [0.3, 0.4) is 0 Å². The summed E-state index contributed by atoms with van der Waals surface area (Å²) in [5.41, 5.74) is -0.158. The van der Waals surface area contributed by atoms with Gasteiger partial charge in [-0.05, 0) is 6.07 Å². The van der Waals surface area contributed by atoms with E-state index >= 15 is 0 Å². The zero-order valence-electron chi connectivity index (χ0n) is 7.08. The van der Waals surface area contributed by atoms with Crippen LogP contribution in [0.4, 0.5) is 13.2 Å². The van der Waals surface area contributed by atoms with Gasteiger partial charge in [0.15, 0.2) is 11.6 Å². The maximum absolute atomic E-state index is 12.9. The zero-order valence-corrected chi connectivity index (χ0v) is 7.84. The Morgan fingerprint density at radius 3 is 2.36 bits per heavy atom. The average Bonchev–Trinajstić information content (AvgIpc) is 2.14. The van der Waals surface area contributed by atoms with Crippen molar-refractivity contribution >= 4 is 11.6 Å². The molecule has 0 aliphatic heterocycles. The van der Waals surface area contributed by atoms with E-state index in [2.05, 4.69) is 11.8 Å². The summed E-state index contributed by atoms with van der Waals surface area (Å²) in [6.45, 7) is 0. The van der Waals surface area contributed by atoms with Crippen molar-refractivity contribution in [2.75, 3.05) is 5.88 Å². The molecule has 0 aliphatic carbocycles. The molecule has 14 heavy (non-hydrogen) atoms. The van der Waals surface area contributed by atoms with Crippen LogP contribution in [-0.2, 0) is 0 Å². The highest BCUT2D eigenvalue weighted by molar-refractivity contribution is 6.18. The van der Waals surface area contributed by atoms with Crippen LogP contribution >= 0.6 is 11.6 Å². The summed E-state index contributed by atoms with van der Waals surface area (Å²) >= 11 is 5.33. The summed E-state index contributed by atoms with van der Waals surface area (Å²) in [4.78, 5) is 0. The molecule has 0 heterocycles. The Morgan fingerprint density at radius 2 is 1.71 bits per heavy atom. The molecule has 1 aromatic carbocycles. The van der Waals surface area contributed by atoms with Gasteiger partial charge in [-0.1, -0.05) is 11.8 Å². The molecular weight excluding hydrogens is 213 g/mol. The molecule has 0 nitrogen and oxygen atoms in total. The van der Waals surface area contributed by atoms with Gasteiger partial charge >= 0.3 is 0 Å². The lowest BCUT2D eigenvalue weighted by atomic mass is 10.2. The van der Waals surface area contributed by atoms with Crippen molar-refractivity contribution in [2.45, 2.75) is 6.42 Å². The van der Waals surface area contributed by atoms with Gasteiger partial charge in [0, 0.05) is 18.4 Å². The molecule has 0 amide bonds. The average molecular weight is 219 g/mol. The highest BCUT2D eigenvalue weighted by atomic mass is 35.5. The Kier molecular flexibility index (Phi) is 3.84. The predicted molar refractivity (Wildman–Crippen MR) is 48.5 cm³/mol. The van der Waals surface area contributed by atoms with E-state index in [0.717, 1.165) is 6.07 Å². The van der Waals surface area contributed by atoms with Crippen LogP contribution < -0.4 is 0 Å². The Bertz CT molecular complexity index is 390. The van der Waals surface area contributed by atoms with Crippen molar-refractivity contribution in [3.8, 4) is 11.8 Å². The summed E-state index contributed by atoms with van der Waals surface area (Å²) < 4.78 is 38.0. The van der Waals surface area contributed by atoms with Gasteiger partial charge in [0.25, 0.3) is 0 Å². The van der Waals surface area contributed by atoms with Crippen molar-refractivity contribution in [1.29, 1.82) is 0 Å². The number of rotatable bonds is 1. The quantitative estimate of drug-likeness (QED) is 0.386. The van der Waals surface area contributed by atoms with E-state index in [-0.39, 0.29) is 5.56 Å². The van der Waals surface area contributed by atoms with Crippen molar-refractivity contribution in [2.24, 2.45) is 0 Å².